The molecule has 7 heteroatoms. The number of fused-ring (bicyclic) bond motifs is 1. The largest absolute Gasteiger partial charge is 0.491 e. The Kier molecular flexibility index (Phi) is 5.33. The first-order valence-electron chi connectivity index (χ1n) is 9.41. The third kappa shape index (κ3) is 3.69. The van der Waals surface area contributed by atoms with Crippen molar-refractivity contribution in [1.82, 2.24) is 4.90 Å². The van der Waals surface area contributed by atoms with Crippen molar-refractivity contribution in [3.05, 3.63) is 94.0 Å². The lowest BCUT2D eigenvalue weighted by atomic mass is 10.0. The van der Waals surface area contributed by atoms with Crippen LogP contribution in [0.25, 0.3) is 0 Å². The van der Waals surface area contributed by atoms with Gasteiger partial charge >= 0.3 is 0 Å². The van der Waals surface area contributed by atoms with Gasteiger partial charge in [0.15, 0.2) is 0 Å². The number of carbonyl (C=O) groups excluding carboxylic acids is 2. The minimum atomic E-state index is -0.552. The van der Waals surface area contributed by atoms with Crippen molar-refractivity contribution in [2.75, 3.05) is 12.3 Å². The third-order valence-corrected chi connectivity index (χ3v) is 5.41. The molecule has 2 amide bonds. The molecule has 1 heterocycles. The fourth-order valence-corrected chi connectivity index (χ4v) is 3.86. The van der Waals surface area contributed by atoms with Gasteiger partial charge in [-0.2, -0.15) is 0 Å². The number of nitrogen functional groups attached to an aromatic ring is 1. The average molecular weight is 422 g/mol. The maximum Gasteiger partial charge on any atom is 0.256 e. The molecule has 1 atom stereocenters. The van der Waals surface area contributed by atoms with Crippen LogP contribution in [-0.4, -0.2) is 23.3 Å². The van der Waals surface area contributed by atoms with E-state index < -0.39 is 11.9 Å². The lowest BCUT2D eigenvalue weighted by molar-refractivity contribution is 0.0629. The number of para-hydroxylation sites is 1. The van der Waals surface area contributed by atoms with E-state index in [-0.39, 0.29) is 19.1 Å². The zero-order valence-corrected chi connectivity index (χ0v) is 16.8. The molecule has 3 aromatic carbocycles. The summed E-state index contributed by atoms with van der Waals surface area (Å²) in [6, 6.07) is 18.8. The van der Waals surface area contributed by atoms with E-state index in [1.165, 1.54) is 0 Å². The summed E-state index contributed by atoms with van der Waals surface area (Å²) in [5.74, 6) is -0.149. The lowest BCUT2D eigenvalue weighted by Crippen LogP contribution is -2.36. The predicted molar refractivity (Wildman–Crippen MR) is 115 cm³/mol. The van der Waals surface area contributed by atoms with Gasteiger partial charge in [0, 0.05) is 28.4 Å². The Labute approximate surface area is 179 Å². The van der Waals surface area contributed by atoms with Crippen LogP contribution >= 0.6 is 11.6 Å². The highest BCUT2D eigenvalue weighted by atomic mass is 35.5. The molecule has 30 heavy (non-hydrogen) atoms. The molecule has 1 aliphatic heterocycles. The summed E-state index contributed by atoms with van der Waals surface area (Å²) in [6.45, 7) is 0.430. The monoisotopic (exact) mass is 421 g/mol. The quantitative estimate of drug-likeness (QED) is 0.612. The number of hydrogen-bond acceptors (Lipinski definition) is 4. The molecule has 0 radical (unpaired) electrons. The molecule has 0 fully saturated rings. The van der Waals surface area contributed by atoms with Crippen LogP contribution in [-0.2, 0) is 6.54 Å². The molecule has 4 rings (SSSR count). The Morgan fingerprint density at radius 1 is 1.03 bits per heavy atom. The number of benzene rings is 3. The van der Waals surface area contributed by atoms with E-state index in [2.05, 4.69) is 0 Å². The second kappa shape index (κ2) is 8.08. The molecule has 0 aliphatic carbocycles. The van der Waals surface area contributed by atoms with E-state index in [1.807, 2.05) is 0 Å². The number of rotatable bonds is 5. The van der Waals surface area contributed by atoms with Gasteiger partial charge in [-0.05, 0) is 42.0 Å². The van der Waals surface area contributed by atoms with Crippen LogP contribution < -0.4 is 16.2 Å². The van der Waals surface area contributed by atoms with Gasteiger partial charge in [0.2, 0.25) is 5.91 Å². The highest BCUT2D eigenvalue weighted by Gasteiger charge is 2.34. The molecule has 0 aromatic heterocycles. The molecular formula is C23H20ClN3O3. The fourth-order valence-electron chi connectivity index (χ4n) is 3.68. The first-order valence-corrected chi connectivity index (χ1v) is 9.79. The van der Waals surface area contributed by atoms with Gasteiger partial charge in [0.1, 0.15) is 12.4 Å². The summed E-state index contributed by atoms with van der Waals surface area (Å²) < 4.78 is 5.80. The van der Waals surface area contributed by atoms with Crippen molar-refractivity contribution in [3.8, 4) is 5.75 Å². The number of hydrogen-bond donors (Lipinski definition) is 2. The van der Waals surface area contributed by atoms with Crippen LogP contribution in [0, 0.1) is 0 Å². The molecule has 4 N–H and O–H groups in total. The lowest BCUT2D eigenvalue weighted by Gasteiger charge is -2.29. The van der Waals surface area contributed by atoms with Crippen molar-refractivity contribution in [1.29, 1.82) is 0 Å². The number of anilines is 1. The fraction of sp³-hybridized carbons (Fsp3) is 0.130. The number of nitrogens with zero attached hydrogens (tertiary/aromatic N) is 1. The smallest absolute Gasteiger partial charge is 0.256 e. The van der Waals surface area contributed by atoms with Crippen molar-refractivity contribution >= 4 is 29.1 Å². The molecule has 0 saturated carbocycles. The zero-order chi connectivity index (χ0) is 21.3. The third-order valence-electron chi connectivity index (χ3n) is 5.18. The zero-order valence-electron chi connectivity index (χ0n) is 16.0. The normalized spacial score (nSPS) is 14.6. The maximum atomic E-state index is 13.6. The van der Waals surface area contributed by atoms with E-state index in [0.29, 0.717) is 33.1 Å². The second-order valence-electron chi connectivity index (χ2n) is 7.05. The summed E-state index contributed by atoms with van der Waals surface area (Å²) in [6.07, 6.45) is 0. The first kappa shape index (κ1) is 19.8. The van der Waals surface area contributed by atoms with Crippen LogP contribution in [0.3, 0.4) is 0 Å². The Hall–Kier alpha value is -3.51. The topological polar surface area (TPSA) is 98.7 Å². The van der Waals surface area contributed by atoms with Crippen molar-refractivity contribution < 1.29 is 14.3 Å². The van der Waals surface area contributed by atoms with Gasteiger partial charge < -0.3 is 21.1 Å². The van der Waals surface area contributed by atoms with Gasteiger partial charge in [-0.15, -0.1) is 0 Å². The van der Waals surface area contributed by atoms with Gasteiger partial charge in [-0.3, -0.25) is 9.59 Å². The van der Waals surface area contributed by atoms with E-state index in [1.54, 1.807) is 71.6 Å². The molecule has 152 valence electrons. The van der Waals surface area contributed by atoms with Crippen LogP contribution in [0.5, 0.6) is 5.75 Å². The summed E-state index contributed by atoms with van der Waals surface area (Å²) >= 11 is 6.20. The van der Waals surface area contributed by atoms with Gasteiger partial charge in [0.25, 0.3) is 5.91 Å². The maximum absolute atomic E-state index is 13.6. The van der Waals surface area contributed by atoms with Crippen molar-refractivity contribution in [3.63, 3.8) is 0 Å². The van der Waals surface area contributed by atoms with Gasteiger partial charge in [0.05, 0.1) is 11.6 Å². The molecule has 1 unspecified atom stereocenters. The van der Waals surface area contributed by atoms with Gasteiger partial charge in [-0.25, -0.2) is 0 Å². The molecule has 0 bridgehead atoms. The molecular weight excluding hydrogens is 402 g/mol. The Bertz CT molecular complexity index is 1130. The average Bonchev–Trinajstić information content (AvgIpc) is 3.15. The molecule has 1 aliphatic rings. The molecule has 6 nitrogen and oxygen atoms in total. The van der Waals surface area contributed by atoms with E-state index in [0.717, 1.165) is 5.56 Å². The first-order chi connectivity index (χ1) is 14.5. The summed E-state index contributed by atoms with van der Waals surface area (Å²) in [4.78, 5) is 27.1. The van der Waals surface area contributed by atoms with Crippen molar-refractivity contribution in [2.24, 2.45) is 5.73 Å². The van der Waals surface area contributed by atoms with Crippen LogP contribution in [0.15, 0.2) is 66.7 Å². The summed E-state index contributed by atoms with van der Waals surface area (Å²) in [5, 5.41) is 0.549. The summed E-state index contributed by atoms with van der Waals surface area (Å²) in [5.41, 5.74) is 14.2. The molecule has 3 aromatic rings. The Morgan fingerprint density at radius 3 is 2.47 bits per heavy atom. The highest BCUT2D eigenvalue weighted by Crippen LogP contribution is 2.39. The Balaban J connectivity index is 1.79. The van der Waals surface area contributed by atoms with E-state index >= 15 is 0 Å². The number of carbonyl (C=O) groups is 2. The van der Waals surface area contributed by atoms with Crippen LogP contribution in [0.1, 0.15) is 37.9 Å². The number of halogens is 1. The molecule has 0 spiro atoms. The Morgan fingerprint density at radius 2 is 1.73 bits per heavy atom. The van der Waals surface area contributed by atoms with E-state index in [9.17, 15) is 9.59 Å². The number of amides is 2. The van der Waals surface area contributed by atoms with Crippen LogP contribution in [0.2, 0.25) is 5.02 Å². The molecule has 0 saturated heterocycles. The van der Waals surface area contributed by atoms with Crippen molar-refractivity contribution in [2.45, 2.75) is 12.6 Å². The summed E-state index contributed by atoms with van der Waals surface area (Å²) in [7, 11) is 0. The number of primary amides is 1. The highest BCUT2D eigenvalue weighted by molar-refractivity contribution is 6.30. The number of nitrogens with two attached hydrogens (primary N) is 2. The van der Waals surface area contributed by atoms with Gasteiger partial charge in [-0.1, -0.05) is 41.9 Å². The number of ether oxygens (including phenoxy) is 1. The van der Waals surface area contributed by atoms with E-state index in [4.69, 9.17) is 27.8 Å². The second-order valence-corrected chi connectivity index (χ2v) is 7.49. The van der Waals surface area contributed by atoms with Crippen LogP contribution in [0.4, 0.5) is 5.69 Å². The SMILES string of the molecule is NC(=O)c1ccccc1CN(C(=O)c1ccccc1N)C1COc2ccc(Cl)cc21. The standard InChI is InChI=1S/C23H20ClN3O3/c24-15-9-10-21-18(11-15)20(13-30-21)27(23(29)17-7-3-4-8-19(17)25)12-14-5-1-2-6-16(14)22(26)28/h1-11,20H,12-13,25H2,(H2,26,28). The minimum Gasteiger partial charge on any atom is -0.491 e. The minimum absolute atomic E-state index is 0.159. The predicted octanol–water partition coefficient (Wildman–Crippen LogP) is 3.80.